The highest BCUT2D eigenvalue weighted by atomic mass is 32.2. The van der Waals surface area contributed by atoms with Gasteiger partial charge in [-0.2, -0.15) is 0 Å². The fourth-order valence-corrected chi connectivity index (χ4v) is 4.77. The van der Waals surface area contributed by atoms with Crippen molar-refractivity contribution in [3.63, 3.8) is 0 Å². The number of fused-ring (bicyclic) bond motifs is 1. The lowest BCUT2D eigenvalue weighted by Gasteiger charge is -2.44. The Kier molecular flexibility index (Phi) is 5.24. The lowest BCUT2D eigenvalue weighted by Crippen LogP contribution is -2.50. The lowest BCUT2D eigenvalue weighted by atomic mass is 9.78. The summed E-state index contributed by atoms with van der Waals surface area (Å²) in [5, 5.41) is 8.35. The maximum atomic E-state index is 13.0. The first-order valence-electron chi connectivity index (χ1n) is 9.22. The first kappa shape index (κ1) is 17.5. The summed E-state index contributed by atoms with van der Waals surface area (Å²) >= 11 is 1.27. The molecule has 0 spiro atoms. The molecule has 2 aliphatic rings. The van der Waals surface area contributed by atoms with Crippen molar-refractivity contribution in [2.45, 2.75) is 49.8 Å². The summed E-state index contributed by atoms with van der Waals surface area (Å²) in [4.78, 5) is 14.8. The maximum Gasteiger partial charge on any atom is 0.277 e. The fourth-order valence-electron chi connectivity index (χ4n) is 4.12. The number of carbonyl (C=O) groups excluding carboxylic acids is 1. The van der Waals surface area contributed by atoms with Crippen molar-refractivity contribution in [1.29, 1.82) is 0 Å². The van der Waals surface area contributed by atoms with Crippen LogP contribution in [0.5, 0.6) is 0 Å². The molecule has 1 saturated heterocycles. The van der Waals surface area contributed by atoms with E-state index in [1.165, 1.54) is 49.6 Å². The predicted molar refractivity (Wildman–Crippen MR) is 97.1 cm³/mol. The molecule has 4 rings (SSSR count). The second kappa shape index (κ2) is 7.78. The number of rotatable bonds is 4. The molecular weight excluding hydrogens is 353 g/mol. The molecule has 7 heteroatoms. The second-order valence-electron chi connectivity index (χ2n) is 7.01. The van der Waals surface area contributed by atoms with Gasteiger partial charge in [0, 0.05) is 18.2 Å². The van der Waals surface area contributed by atoms with Crippen LogP contribution in [-0.4, -0.2) is 39.3 Å². The number of amides is 1. The Morgan fingerprint density at radius 1 is 1.15 bits per heavy atom. The van der Waals surface area contributed by atoms with Gasteiger partial charge in [0.05, 0.1) is 5.75 Å². The van der Waals surface area contributed by atoms with Crippen LogP contribution in [0.15, 0.2) is 33.9 Å². The van der Waals surface area contributed by atoms with Crippen molar-refractivity contribution in [3.05, 3.63) is 30.1 Å². The van der Waals surface area contributed by atoms with Crippen LogP contribution in [0.2, 0.25) is 0 Å². The molecule has 0 N–H and O–H groups in total. The van der Waals surface area contributed by atoms with Gasteiger partial charge in [-0.15, -0.1) is 10.2 Å². The Labute approximate surface area is 156 Å². The third-order valence-electron chi connectivity index (χ3n) is 5.38. The van der Waals surface area contributed by atoms with Crippen LogP contribution in [0.4, 0.5) is 4.39 Å². The van der Waals surface area contributed by atoms with Gasteiger partial charge < -0.3 is 9.32 Å². The van der Waals surface area contributed by atoms with E-state index in [1.807, 2.05) is 0 Å². The first-order chi connectivity index (χ1) is 12.7. The van der Waals surface area contributed by atoms with Crippen molar-refractivity contribution >= 4 is 17.7 Å². The van der Waals surface area contributed by atoms with Crippen molar-refractivity contribution in [3.8, 4) is 11.5 Å². The third kappa shape index (κ3) is 3.77. The van der Waals surface area contributed by atoms with E-state index >= 15 is 0 Å². The van der Waals surface area contributed by atoms with Gasteiger partial charge in [-0.05, 0) is 55.9 Å². The Hall–Kier alpha value is -1.89. The number of hydrogen-bond acceptors (Lipinski definition) is 5. The molecule has 2 atom stereocenters. The Morgan fingerprint density at radius 3 is 2.77 bits per heavy atom. The van der Waals surface area contributed by atoms with E-state index < -0.39 is 0 Å². The van der Waals surface area contributed by atoms with Gasteiger partial charge in [-0.1, -0.05) is 24.6 Å². The minimum absolute atomic E-state index is 0.160. The SMILES string of the molecule is O=C(CSc1nnc(-c2ccc(F)cc2)o1)N1CCC[C@H]2CCCC[C@H]21. The van der Waals surface area contributed by atoms with Crippen LogP contribution in [0.3, 0.4) is 0 Å². The van der Waals surface area contributed by atoms with Gasteiger partial charge in [0.25, 0.3) is 5.22 Å². The number of halogens is 1. The Morgan fingerprint density at radius 2 is 1.92 bits per heavy atom. The molecule has 0 radical (unpaired) electrons. The van der Waals surface area contributed by atoms with E-state index in [0.717, 1.165) is 19.4 Å². The van der Waals surface area contributed by atoms with Gasteiger partial charge in [0.2, 0.25) is 11.8 Å². The number of nitrogens with zero attached hydrogens (tertiary/aromatic N) is 3. The zero-order chi connectivity index (χ0) is 17.9. The quantitative estimate of drug-likeness (QED) is 0.752. The smallest absolute Gasteiger partial charge is 0.277 e. The average Bonchev–Trinajstić information content (AvgIpc) is 3.15. The minimum Gasteiger partial charge on any atom is -0.411 e. The number of benzene rings is 1. The molecule has 2 aromatic rings. The third-order valence-corrected chi connectivity index (χ3v) is 6.18. The highest BCUT2D eigenvalue weighted by Crippen LogP contribution is 2.35. The molecule has 138 valence electrons. The van der Waals surface area contributed by atoms with E-state index in [4.69, 9.17) is 4.42 Å². The number of likely N-dealkylation sites (tertiary alicyclic amines) is 1. The first-order valence-corrected chi connectivity index (χ1v) is 10.2. The molecule has 1 aliphatic carbocycles. The van der Waals surface area contributed by atoms with Gasteiger partial charge in [0.15, 0.2) is 0 Å². The topological polar surface area (TPSA) is 59.2 Å². The number of aromatic nitrogens is 2. The van der Waals surface area contributed by atoms with E-state index in [2.05, 4.69) is 15.1 Å². The largest absolute Gasteiger partial charge is 0.411 e. The molecule has 5 nitrogen and oxygen atoms in total. The number of piperidine rings is 1. The molecule has 0 unspecified atom stereocenters. The molecule has 2 heterocycles. The Balaban J connectivity index is 1.36. The number of thioether (sulfide) groups is 1. The molecule has 1 saturated carbocycles. The van der Waals surface area contributed by atoms with Gasteiger partial charge >= 0.3 is 0 Å². The van der Waals surface area contributed by atoms with E-state index in [9.17, 15) is 9.18 Å². The molecule has 2 fully saturated rings. The minimum atomic E-state index is -0.309. The van der Waals surface area contributed by atoms with Crippen molar-refractivity contribution in [2.24, 2.45) is 5.92 Å². The molecule has 1 aromatic heterocycles. The van der Waals surface area contributed by atoms with Crippen LogP contribution in [0.25, 0.3) is 11.5 Å². The maximum absolute atomic E-state index is 13.0. The molecule has 1 aliphatic heterocycles. The fraction of sp³-hybridized carbons (Fsp3) is 0.526. The summed E-state index contributed by atoms with van der Waals surface area (Å²) < 4.78 is 18.6. The number of hydrogen-bond donors (Lipinski definition) is 0. The summed E-state index contributed by atoms with van der Waals surface area (Å²) in [6, 6.07) is 6.32. The lowest BCUT2D eigenvalue weighted by molar-refractivity contribution is -0.134. The molecular formula is C19H22FN3O2S. The van der Waals surface area contributed by atoms with Crippen LogP contribution in [0.1, 0.15) is 38.5 Å². The zero-order valence-electron chi connectivity index (χ0n) is 14.6. The zero-order valence-corrected chi connectivity index (χ0v) is 15.4. The summed E-state index contributed by atoms with van der Waals surface area (Å²) in [5.41, 5.74) is 0.665. The highest BCUT2D eigenvalue weighted by Gasteiger charge is 2.35. The van der Waals surface area contributed by atoms with Crippen LogP contribution in [-0.2, 0) is 4.79 Å². The molecule has 26 heavy (non-hydrogen) atoms. The van der Waals surface area contributed by atoms with Crippen molar-refractivity contribution in [2.75, 3.05) is 12.3 Å². The normalized spacial score (nSPS) is 22.9. The van der Waals surface area contributed by atoms with E-state index in [1.54, 1.807) is 12.1 Å². The van der Waals surface area contributed by atoms with Gasteiger partial charge in [-0.3, -0.25) is 4.79 Å². The van der Waals surface area contributed by atoms with Gasteiger partial charge in [-0.25, -0.2) is 4.39 Å². The van der Waals surface area contributed by atoms with E-state index in [0.29, 0.717) is 34.4 Å². The predicted octanol–water partition coefficient (Wildman–Crippen LogP) is 4.15. The second-order valence-corrected chi connectivity index (χ2v) is 7.94. The summed E-state index contributed by atoms with van der Waals surface area (Å²) in [7, 11) is 0. The van der Waals surface area contributed by atoms with Crippen molar-refractivity contribution < 1.29 is 13.6 Å². The average molecular weight is 375 g/mol. The monoisotopic (exact) mass is 375 g/mol. The molecule has 0 bridgehead atoms. The molecule has 1 amide bonds. The summed E-state index contributed by atoms with van der Waals surface area (Å²) in [6.07, 6.45) is 7.27. The summed E-state index contributed by atoms with van der Waals surface area (Å²) in [6.45, 7) is 0.866. The number of carbonyl (C=O) groups is 1. The Bertz CT molecular complexity index is 762. The van der Waals surface area contributed by atoms with Crippen LogP contribution < -0.4 is 0 Å². The highest BCUT2D eigenvalue weighted by molar-refractivity contribution is 7.99. The summed E-state index contributed by atoms with van der Waals surface area (Å²) in [5.74, 6) is 1.18. The van der Waals surface area contributed by atoms with Crippen LogP contribution >= 0.6 is 11.8 Å². The van der Waals surface area contributed by atoms with Gasteiger partial charge in [0.1, 0.15) is 5.82 Å². The van der Waals surface area contributed by atoms with E-state index in [-0.39, 0.29) is 11.7 Å². The standard InChI is InChI=1S/C19H22FN3O2S/c20-15-9-7-14(8-10-15)18-21-22-19(25-18)26-12-17(24)23-11-3-5-13-4-1-2-6-16(13)23/h7-10,13,16H,1-6,11-12H2/t13-,16-/m1/s1. The van der Waals surface area contributed by atoms with Crippen molar-refractivity contribution in [1.82, 2.24) is 15.1 Å². The molecule has 1 aromatic carbocycles. The van der Waals surface area contributed by atoms with Crippen LogP contribution in [0, 0.1) is 11.7 Å².